The van der Waals surface area contributed by atoms with Crippen molar-refractivity contribution >= 4 is 23.0 Å². The maximum absolute atomic E-state index is 12.0. The van der Waals surface area contributed by atoms with E-state index in [2.05, 4.69) is 32.3 Å². The lowest BCUT2D eigenvalue weighted by Gasteiger charge is -2.35. The molecule has 0 unspecified atom stereocenters. The number of aromatic nitrogens is 2. The lowest BCUT2D eigenvalue weighted by Crippen LogP contribution is -2.46. The van der Waals surface area contributed by atoms with Gasteiger partial charge in [0.05, 0.1) is 4.92 Å². The van der Waals surface area contributed by atoms with E-state index in [9.17, 15) is 10.1 Å². The Kier molecular flexibility index (Phi) is 6.99. The van der Waals surface area contributed by atoms with Gasteiger partial charge in [0.15, 0.2) is 0 Å². The topological polar surface area (TPSA) is 90.7 Å². The SMILES string of the molecule is CN(C)c1ccc(CNc2ncnc(N3CCN(Cc4ccccc4)CC3)c2[N+](=O)[O-])cc1. The highest BCUT2D eigenvalue weighted by Gasteiger charge is 2.29. The predicted octanol–water partition coefficient (Wildman–Crippen LogP) is 3.39. The second-order valence-electron chi connectivity index (χ2n) is 8.31. The van der Waals surface area contributed by atoms with Crippen molar-refractivity contribution in [1.29, 1.82) is 0 Å². The van der Waals surface area contributed by atoms with Gasteiger partial charge in [-0.2, -0.15) is 0 Å². The molecule has 172 valence electrons. The molecule has 0 atom stereocenters. The van der Waals surface area contributed by atoms with Gasteiger partial charge >= 0.3 is 5.69 Å². The van der Waals surface area contributed by atoms with Crippen LogP contribution in [0.15, 0.2) is 60.9 Å². The molecule has 0 aliphatic carbocycles. The van der Waals surface area contributed by atoms with Crippen molar-refractivity contribution in [1.82, 2.24) is 14.9 Å². The number of benzene rings is 2. The van der Waals surface area contributed by atoms with E-state index in [4.69, 9.17) is 0 Å². The molecule has 0 amide bonds. The summed E-state index contributed by atoms with van der Waals surface area (Å²) < 4.78 is 0. The largest absolute Gasteiger partial charge is 0.378 e. The molecular formula is C24H29N7O2. The zero-order valence-corrected chi connectivity index (χ0v) is 19.0. The van der Waals surface area contributed by atoms with Crippen molar-refractivity contribution < 1.29 is 4.92 Å². The molecule has 1 aliphatic rings. The standard InChI is InChI=1S/C24H29N7O2/c1-28(2)21-10-8-19(9-11-21)16-25-23-22(31(32)33)24(27-18-26-23)30-14-12-29(13-15-30)17-20-6-4-3-5-7-20/h3-11,18H,12-17H2,1-2H3,(H,25,26,27). The first kappa shape index (κ1) is 22.5. The van der Waals surface area contributed by atoms with Crippen molar-refractivity contribution in [3.05, 3.63) is 82.2 Å². The molecule has 4 rings (SSSR count). The summed E-state index contributed by atoms with van der Waals surface area (Å²) in [5.74, 6) is 0.619. The smallest absolute Gasteiger partial charge is 0.353 e. The van der Waals surface area contributed by atoms with E-state index in [0.717, 1.165) is 30.9 Å². The summed E-state index contributed by atoms with van der Waals surface area (Å²) in [5, 5.41) is 15.1. The van der Waals surface area contributed by atoms with Crippen LogP contribution in [-0.4, -0.2) is 60.1 Å². The van der Waals surface area contributed by atoms with Crippen molar-refractivity contribution in [2.24, 2.45) is 0 Å². The third-order valence-corrected chi connectivity index (χ3v) is 5.82. The summed E-state index contributed by atoms with van der Waals surface area (Å²) >= 11 is 0. The van der Waals surface area contributed by atoms with Gasteiger partial charge in [0.1, 0.15) is 6.33 Å². The zero-order valence-electron chi connectivity index (χ0n) is 19.0. The normalized spacial score (nSPS) is 14.2. The summed E-state index contributed by atoms with van der Waals surface area (Å²) in [6.45, 7) is 4.30. The first-order valence-corrected chi connectivity index (χ1v) is 11.0. The molecule has 1 aliphatic heterocycles. The highest BCUT2D eigenvalue weighted by Crippen LogP contribution is 2.32. The van der Waals surface area contributed by atoms with E-state index in [1.165, 1.54) is 11.9 Å². The Morgan fingerprint density at radius 3 is 2.30 bits per heavy atom. The average Bonchev–Trinajstić information content (AvgIpc) is 2.84. The van der Waals surface area contributed by atoms with Gasteiger partial charge in [-0.15, -0.1) is 0 Å². The number of hydrogen-bond acceptors (Lipinski definition) is 8. The lowest BCUT2D eigenvalue weighted by molar-refractivity contribution is -0.383. The van der Waals surface area contributed by atoms with E-state index in [-0.39, 0.29) is 16.4 Å². The minimum absolute atomic E-state index is 0.0704. The molecular weight excluding hydrogens is 418 g/mol. The highest BCUT2D eigenvalue weighted by atomic mass is 16.6. The number of nitrogens with zero attached hydrogens (tertiary/aromatic N) is 6. The molecule has 2 heterocycles. The zero-order chi connectivity index (χ0) is 23.2. The quantitative estimate of drug-likeness (QED) is 0.415. The van der Waals surface area contributed by atoms with Gasteiger partial charge in [0, 0.05) is 59.1 Å². The molecule has 1 saturated heterocycles. The maximum Gasteiger partial charge on any atom is 0.353 e. The Labute approximate surface area is 193 Å². The summed E-state index contributed by atoms with van der Waals surface area (Å²) in [6, 6.07) is 18.4. The van der Waals surface area contributed by atoms with Crippen LogP contribution in [0.3, 0.4) is 0 Å². The van der Waals surface area contributed by atoms with Crippen LogP contribution in [0.4, 0.5) is 23.0 Å². The van der Waals surface area contributed by atoms with Gasteiger partial charge < -0.3 is 15.1 Å². The minimum Gasteiger partial charge on any atom is -0.378 e. The molecule has 0 spiro atoms. The predicted molar refractivity (Wildman–Crippen MR) is 131 cm³/mol. The van der Waals surface area contributed by atoms with Gasteiger partial charge in [-0.1, -0.05) is 42.5 Å². The first-order valence-electron chi connectivity index (χ1n) is 11.0. The van der Waals surface area contributed by atoms with Crippen molar-refractivity contribution in [2.75, 3.05) is 55.4 Å². The highest BCUT2D eigenvalue weighted by molar-refractivity contribution is 5.70. The summed E-state index contributed by atoms with van der Waals surface area (Å²) in [5.41, 5.74) is 3.31. The second-order valence-corrected chi connectivity index (χ2v) is 8.31. The van der Waals surface area contributed by atoms with Gasteiger partial charge in [0.25, 0.3) is 0 Å². The van der Waals surface area contributed by atoms with E-state index < -0.39 is 0 Å². The van der Waals surface area contributed by atoms with Crippen molar-refractivity contribution in [2.45, 2.75) is 13.1 Å². The molecule has 1 N–H and O–H groups in total. The Morgan fingerprint density at radius 2 is 1.67 bits per heavy atom. The number of nitro groups is 1. The van der Waals surface area contributed by atoms with Gasteiger partial charge in [-0.25, -0.2) is 9.97 Å². The molecule has 0 radical (unpaired) electrons. The van der Waals surface area contributed by atoms with Crippen LogP contribution in [0, 0.1) is 10.1 Å². The summed E-state index contributed by atoms with van der Waals surface area (Å²) in [6.07, 6.45) is 1.40. The van der Waals surface area contributed by atoms with E-state index >= 15 is 0 Å². The third kappa shape index (κ3) is 5.56. The Balaban J connectivity index is 1.43. The van der Waals surface area contributed by atoms with Gasteiger partial charge in [-0.3, -0.25) is 15.0 Å². The van der Waals surface area contributed by atoms with E-state index in [0.29, 0.717) is 25.5 Å². The van der Waals surface area contributed by atoms with E-state index in [1.807, 2.05) is 66.4 Å². The molecule has 0 saturated carbocycles. The summed E-state index contributed by atoms with van der Waals surface area (Å²) in [7, 11) is 3.97. The van der Waals surface area contributed by atoms with Crippen LogP contribution < -0.4 is 15.1 Å². The monoisotopic (exact) mass is 447 g/mol. The van der Waals surface area contributed by atoms with Gasteiger partial charge in [-0.05, 0) is 23.3 Å². The molecule has 9 nitrogen and oxygen atoms in total. The Morgan fingerprint density at radius 1 is 0.970 bits per heavy atom. The van der Waals surface area contributed by atoms with Crippen LogP contribution in [-0.2, 0) is 13.1 Å². The number of nitrogens with one attached hydrogen (secondary N) is 1. The number of rotatable bonds is 8. The molecule has 2 aromatic carbocycles. The van der Waals surface area contributed by atoms with Gasteiger partial charge in [0.2, 0.25) is 11.6 Å². The second kappa shape index (κ2) is 10.3. The Bertz CT molecular complexity index is 1070. The number of hydrogen-bond donors (Lipinski definition) is 1. The number of anilines is 3. The molecule has 0 bridgehead atoms. The maximum atomic E-state index is 12.0. The van der Waals surface area contributed by atoms with Crippen LogP contribution >= 0.6 is 0 Å². The molecule has 3 aromatic rings. The average molecular weight is 448 g/mol. The Hall–Kier alpha value is -3.72. The van der Waals surface area contributed by atoms with Crippen molar-refractivity contribution in [3.63, 3.8) is 0 Å². The van der Waals surface area contributed by atoms with Crippen LogP contribution in [0.25, 0.3) is 0 Å². The summed E-state index contributed by atoms with van der Waals surface area (Å²) in [4.78, 5) is 26.4. The first-order chi connectivity index (χ1) is 16.0. The number of piperazine rings is 1. The van der Waals surface area contributed by atoms with Crippen molar-refractivity contribution in [3.8, 4) is 0 Å². The minimum atomic E-state index is -0.386. The third-order valence-electron chi connectivity index (χ3n) is 5.82. The lowest BCUT2D eigenvalue weighted by atomic mass is 10.2. The molecule has 33 heavy (non-hydrogen) atoms. The van der Waals surface area contributed by atoms with E-state index in [1.54, 1.807) is 0 Å². The fraction of sp³-hybridized carbons (Fsp3) is 0.333. The fourth-order valence-corrected chi connectivity index (χ4v) is 3.96. The van der Waals surface area contributed by atoms with Crippen LogP contribution in [0.2, 0.25) is 0 Å². The molecule has 9 heteroatoms. The van der Waals surface area contributed by atoms with Crippen LogP contribution in [0.5, 0.6) is 0 Å². The van der Waals surface area contributed by atoms with Crippen LogP contribution in [0.1, 0.15) is 11.1 Å². The molecule has 1 aromatic heterocycles. The molecule has 1 fully saturated rings. The fourth-order valence-electron chi connectivity index (χ4n) is 3.96.